The highest BCUT2D eigenvalue weighted by Crippen LogP contribution is 2.32. The van der Waals surface area contributed by atoms with Gasteiger partial charge in [-0.3, -0.25) is 4.98 Å². The van der Waals surface area contributed by atoms with E-state index in [2.05, 4.69) is 9.55 Å². The first kappa shape index (κ1) is 18.1. The van der Waals surface area contributed by atoms with E-state index in [0.29, 0.717) is 11.6 Å². The fourth-order valence-corrected chi connectivity index (χ4v) is 4.82. The SMILES string of the molecule is Fc1ccccc1-c1csc(=Nc2cccnc2)n1C1CCCCCCC1. The van der Waals surface area contributed by atoms with Gasteiger partial charge in [0.25, 0.3) is 0 Å². The summed E-state index contributed by atoms with van der Waals surface area (Å²) in [6.07, 6.45) is 12.1. The van der Waals surface area contributed by atoms with Crippen LogP contribution in [0.25, 0.3) is 11.3 Å². The third kappa shape index (κ3) is 4.19. The number of rotatable bonds is 3. The van der Waals surface area contributed by atoms with E-state index in [1.165, 1.54) is 38.2 Å². The second kappa shape index (κ2) is 8.61. The molecule has 1 saturated carbocycles. The van der Waals surface area contributed by atoms with Crippen LogP contribution in [0.15, 0.2) is 59.2 Å². The molecule has 27 heavy (non-hydrogen) atoms. The van der Waals surface area contributed by atoms with Crippen molar-refractivity contribution in [2.24, 2.45) is 4.99 Å². The first-order valence-electron chi connectivity index (χ1n) is 9.72. The smallest absolute Gasteiger partial charge is 0.190 e. The summed E-state index contributed by atoms with van der Waals surface area (Å²) < 4.78 is 16.8. The predicted molar refractivity (Wildman–Crippen MR) is 109 cm³/mol. The minimum Gasteiger partial charge on any atom is -0.313 e. The Bertz CT molecular complexity index is 937. The van der Waals surface area contributed by atoms with Crippen molar-refractivity contribution in [1.29, 1.82) is 0 Å². The third-order valence-corrected chi connectivity index (χ3v) is 6.04. The number of pyridine rings is 1. The van der Waals surface area contributed by atoms with Crippen LogP contribution >= 0.6 is 11.3 Å². The van der Waals surface area contributed by atoms with E-state index >= 15 is 0 Å². The summed E-state index contributed by atoms with van der Waals surface area (Å²) in [5, 5.41) is 2.05. The van der Waals surface area contributed by atoms with Gasteiger partial charge in [0.15, 0.2) is 4.80 Å². The zero-order valence-electron chi connectivity index (χ0n) is 15.4. The summed E-state index contributed by atoms with van der Waals surface area (Å²) in [5.74, 6) is -0.178. The molecule has 0 atom stereocenters. The van der Waals surface area contributed by atoms with Crippen molar-refractivity contribution in [3.05, 3.63) is 64.8 Å². The van der Waals surface area contributed by atoms with Crippen LogP contribution in [0.2, 0.25) is 0 Å². The quantitative estimate of drug-likeness (QED) is 0.526. The van der Waals surface area contributed by atoms with Gasteiger partial charge in [0.2, 0.25) is 0 Å². The van der Waals surface area contributed by atoms with Crippen LogP contribution in [0.5, 0.6) is 0 Å². The maximum absolute atomic E-state index is 14.6. The lowest BCUT2D eigenvalue weighted by Crippen LogP contribution is -2.23. The van der Waals surface area contributed by atoms with Crippen molar-refractivity contribution in [3.8, 4) is 11.3 Å². The molecule has 2 aromatic heterocycles. The van der Waals surface area contributed by atoms with Crippen LogP contribution in [-0.2, 0) is 0 Å². The highest BCUT2D eigenvalue weighted by molar-refractivity contribution is 7.07. The monoisotopic (exact) mass is 381 g/mol. The summed E-state index contributed by atoms with van der Waals surface area (Å²) in [5.41, 5.74) is 2.42. The topological polar surface area (TPSA) is 30.2 Å². The van der Waals surface area contributed by atoms with Crippen molar-refractivity contribution in [1.82, 2.24) is 9.55 Å². The third-order valence-electron chi connectivity index (χ3n) is 5.20. The normalized spacial score (nSPS) is 16.9. The standard InChI is InChI=1S/C22H24FN3S/c23-20-13-7-6-12-19(20)21-16-27-22(25-17-9-8-14-24-15-17)26(21)18-10-4-2-1-3-5-11-18/h6-9,12-16,18H,1-5,10-11H2. The van der Waals surface area contributed by atoms with E-state index in [-0.39, 0.29) is 5.82 Å². The number of thiazole rings is 1. The molecule has 0 N–H and O–H groups in total. The highest BCUT2D eigenvalue weighted by atomic mass is 32.1. The second-order valence-electron chi connectivity index (χ2n) is 7.08. The van der Waals surface area contributed by atoms with Gasteiger partial charge in [-0.05, 0) is 37.1 Å². The highest BCUT2D eigenvalue weighted by Gasteiger charge is 2.20. The minimum absolute atomic E-state index is 0.178. The number of benzene rings is 1. The molecule has 1 aromatic carbocycles. The zero-order valence-corrected chi connectivity index (χ0v) is 16.2. The molecule has 1 aliphatic carbocycles. The van der Waals surface area contributed by atoms with Crippen molar-refractivity contribution in [2.45, 2.75) is 51.0 Å². The van der Waals surface area contributed by atoms with Crippen molar-refractivity contribution >= 4 is 17.0 Å². The van der Waals surface area contributed by atoms with E-state index in [0.717, 1.165) is 29.0 Å². The fraction of sp³-hybridized carbons (Fsp3) is 0.364. The molecular weight excluding hydrogens is 357 g/mol. The van der Waals surface area contributed by atoms with E-state index in [9.17, 15) is 4.39 Å². The Morgan fingerprint density at radius 1 is 1.00 bits per heavy atom. The molecule has 1 fully saturated rings. The number of nitrogens with zero attached hydrogens (tertiary/aromatic N) is 3. The molecule has 0 radical (unpaired) electrons. The Morgan fingerprint density at radius 3 is 2.52 bits per heavy atom. The van der Waals surface area contributed by atoms with Gasteiger partial charge in [-0.2, -0.15) is 0 Å². The summed E-state index contributed by atoms with van der Waals surface area (Å²) in [6.45, 7) is 0. The van der Waals surface area contributed by atoms with Gasteiger partial charge in [0, 0.05) is 23.2 Å². The molecule has 5 heteroatoms. The number of aromatic nitrogens is 2. The molecule has 140 valence electrons. The van der Waals surface area contributed by atoms with Gasteiger partial charge in [-0.25, -0.2) is 9.38 Å². The summed E-state index contributed by atoms with van der Waals surface area (Å²) in [4.78, 5) is 9.94. The molecule has 0 unspecified atom stereocenters. The fourth-order valence-electron chi connectivity index (χ4n) is 3.84. The molecule has 2 heterocycles. The number of halogens is 1. The van der Waals surface area contributed by atoms with Gasteiger partial charge in [0.05, 0.1) is 17.6 Å². The summed E-state index contributed by atoms with van der Waals surface area (Å²) >= 11 is 1.58. The average molecular weight is 382 g/mol. The molecule has 0 amide bonds. The lowest BCUT2D eigenvalue weighted by atomic mass is 9.96. The van der Waals surface area contributed by atoms with Crippen molar-refractivity contribution in [3.63, 3.8) is 0 Å². The van der Waals surface area contributed by atoms with Crippen LogP contribution in [0, 0.1) is 5.82 Å². The van der Waals surface area contributed by atoms with Crippen LogP contribution in [-0.4, -0.2) is 9.55 Å². The maximum Gasteiger partial charge on any atom is 0.190 e. The maximum atomic E-state index is 14.6. The number of hydrogen-bond acceptors (Lipinski definition) is 3. The van der Waals surface area contributed by atoms with Crippen LogP contribution in [0.4, 0.5) is 10.1 Å². The van der Waals surface area contributed by atoms with E-state index in [1.54, 1.807) is 29.8 Å². The summed E-state index contributed by atoms with van der Waals surface area (Å²) in [7, 11) is 0. The molecule has 0 bridgehead atoms. The number of hydrogen-bond donors (Lipinski definition) is 0. The Hall–Kier alpha value is -2.27. The van der Waals surface area contributed by atoms with E-state index < -0.39 is 0 Å². The molecule has 0 spiro atoms. The van der Waals surface area contributed by atoms with Gasteiger partial charge in [-0.1, -0.05) is 44.2 Å². The first-order valence-corrected chi connectivity index (χ1v) is 10.6. The van der Waals surface area contributed by atoms with E-state index in [4.69, 9.17) is 4.99 Å². The van der Waals surface area contributed by atoms with Gasteiger partial charge < -0.3 is 4.57 Å². The average Bonchev–Trinajstić information content (AvgIpc) is 3.06. The summed E-state index contributed by atoms with van der Waals surface area (Å²) in [6, 6.07) is 11.3. The van der Waals surface area contributed by atoms with Gasteiger partial charge >= 0.3 is 0 Å². The van der Waals surface area contributed by atoms with Crippen molar-refractivity contribution in [2.75, 3.05) is 0 Å². The molecule has 0 saturated heterocycles. The predicted octanol–water partition coefficient (Wildman–Crippen LogP) is 6.27. The van der Waals surface area contributed by atoms with Crippen LogP contribution in [0.1, 0.15) is 51.0 Å². The lowest BCUT2D eigenvalue weighted by Gasteiger charge is -2.23. The molecule has 0 aliphatic heterocycles. The second-order valence-corrected chi connectivity index (χ2v) is 7.91. The molecule has 3 nitrogen and oxygen atoms in total. The Labute approximate surface area is 163 Å². The Kier molecular flexibility index (Phi) is 5.78. The van der Waals surface area contributed by atoms with Gasteiger partial charge in [0.1, 0.15) is 5.82 Å². The van der Waals surface area contributed by atoms with Crippen LogP contribution in [0.3, 0.4) is 0 Å². The zero-order chi connectivity index (χ0) is 18.5. The van der Waals surface area contributed by atoms with Gasteiger partial charge in [-0.15, -0.1) is 11.3 Å². The first-order chi connectivity index (χ1) is 13.3. The molecular formula is C22H24FN3S. The minimum atomic E-state index is -0.178. The van der Waals surface area contributed by atoms with E-state index in [1.807, 2.05) is 29.6 Å². The Morgan fingerprint density at radius 2 is 1.78 bits per heavy atom. The van der Waals surface area contributed by atoms with Crippen molar-refractivity contribution < 1.29 is 4.39 Å². The molecule has 1 aliphatic rings. The lowest BCUT2D eigenvalue weighted by molar-refractivity contribution is 0.369. The Balaban J connectivity index is 1.85. The molecule has 3 aromatic rings. The largest absolute Gasteiger partial charge is 0.313 e. The van der Waals surface area contributed by atoms with Crippen LogP contribution < -0.4 is 4.80 Å². The molecule has 4 rings (SSSR count).